The van der Waals surface area contributed by atoms with E-state index in [1.54, 1.807) is 31.4 Å². The number of hydrogen-bond acceptors (Lipinski definition) is 6. The first-order chi connectivity index (χ1) is 13.5. The summed E-state index contributed by atoms with van der Waals surface area (Å²) < 4.78 is 10.9. The van der Waals surface area contributed by atoms with Crippen molar-refractivity contribution in [3.63, 3.8) is 0 Å². The summed E-state index contributed by atoms with van der Waals surface area (Å²) in [7, 11) is 1.57. The quantitative estimate of drug-likeness (QED) is 0.651. The van der Waals surface area contributed by atoms with Crippen LogP contribution >= 0.6 is 0 Å². The minimum Gasteiger partial charge on any atom is -0.496 e. The molecule has 8 heteroatoms. The molecule has 1 heterocycles. The molecule has 0 aliphatic carbocycles. The molecule has 8 nitrogen and oxygen atoms in total. The van der Waals surface area contributed by atoms with E-state index in [0.29, 0.717) is 40.9 Å². The fourth-order valence-electron chi connectivity index (χ4n) is 2.57. The van der Waals surface area contributed by atoms with Gasteiger partial charge in [-0.05, 0) is 36.4 Å². The number of nitrogens with zero attached hydrogens (tertiary/aromatic N) is 2. The lowest BCUT2D eigenvalue weighted by molar-refractivity contribution is -0.116. The number of carbonyl (C=O) groups excluding carboxylic acids is 2. The molecule has 2 amide bonds. The van der Waals surface area contributed by atoms with Crippen molar-refractivity contribution in [2.75, 3.05) is 17.7 Å². The molecule has 0 bridgehead atoms. The van der Waals surface area contributed by atoms with Gasteiger partial charge in [-0.25, -0.2) is 0 Å². The number of nitrogens with one attached hydrogen (secondary N) is 2. The smallest absolute Gasteiger partial charge is 0.251 e. The second-order valence-electron chi connectivity index (χ2n) is 6.01. The van der Waals surface area contributed by atoms with Gasteiger partial charge in [0.1, 0.15) is 5.75 Å². The molecule has 0 spiro atoms. The average Bonchev–Trinajstić information content (AvgIpc) is 3.16. The van der Waals surface area contributed by atoms with Gasteiger partial charge in [0.25, 0.3) is 5.89 Å². The maximum absolute atomic E-state index is 12.1. The molecule has 0 aliphatic heterocycles. The van der Waals surface area contributed by atoms with E-state index < -0.39 is 0 Å². The topological polar surface area (TPSA) is 106 Å². The third-order valence-corrected chi connectivity index (χ3v) is 3.86. The number of amides is 2. The molecule has 2 aromatic carbocycles. The number of aryl methyl sites for hydroxylation is 1. The van der Waals surface area contributed by atoms with Crippen LogP contribution in [0.25, 0.3) is 11.5 Å². The van der Waals surface area contributed by atoms with Gasteiger partial charge >= 0.3 is 0 Å². The number of ether oxygens (including phenoxy) is 1. The van der Waals surface area contributed by atoms with E-state index in [0.717, 1.165) is 0 Å². The molecular weight excluding hydrogens is 360 g/mol. The highest BCUT2D eigenvalue weighted by Crippen LogP contribution is 2.28. The van der Waals surface area contributed by atoms with Crippen molar-refractivity contribution in [2.24, 2.45) is 0 Å². The zero-order chi connectivity index (χ0) is 19.9. The van der Waals surface area contributed by atoms with Gasteiger partial charge in [0.2, 0.25) is 17.7 Å². The number of anilines is 2. The highest BCUT2D eigenvalue weighted by Gasteiger charge is 2.14. The number of methoxy groups -OCH3 is 1. The number of hydrogen-bond donors (Lipinski definition) is 2. The molecule has 0 radical (unpaired) electrons. The van der Waals surface area contributed by atoms with Crippen LogP contribution in [0.2, 0.25) is 0 Å². The molecule has 3 rings (SSSR count). The SMILES string of the molecule is COc1ccccc1-c1nnc(CCC(=O)Nc2ccc(NC(C)=O)cc2)o1. The van der Waals surface area contributed by atoms with Crippen molar-refractivity contribution < 1.29 is 18.7 Å². The van der Waals surface area contributed by atoms with Gasteiger partial charge in [0.05, 0.1) is 12.7 Å². The lowest BCUT2D eigenvalue weighted by Crippen LogP contribution is -2.12. The minimum absolute atomic E-state index is 0.149. The maximum atomic E-state index is 12.1. The molecule has 144 valence electrons. The van der Waals surface area contributed by atoms with E-state index in [1.165, 1.54) is 6.92 Å². The van der Waals surface area contributed by atoms with Crippen LogP contribution in [0.4, 0.5) is 11.4 Å². The molecule has 0 unspecified atom stereocenters. The van der Waals surface area contributed by atoms with E-state index in [2.05, 4.69) is 20.8 Å². The predicted octanol–water partition coefficient (Wildman–Crippen LogP) is 3.27. The van der Waals surface area contributed by atoms with Crippen LogP contribution in [0.15, 0.2) is 52.9 Å². The van der Waals surface area contributed by atoms with Crippen LogP contribution in [0.3, 0.4) is 0 Å². The third kappa shape index (κ3) is 4.94. The Labute approximate surface area is 161 Å². The highest BCUT2D eigenvalue weighted by atomic mass is 16.5. The number of para-hydroxylation sites is 1. The summed E-state index contributed by atoms with van der Waals surface area (Å²) in [5.74, 6) is 1.03. The zero-order valence-electron chi connectivity index (χ0n) is 15.6. The van der Waals surface area contributed by atoms with Crippen molar-refractivity contribution in [3.8, 4) is 17.2 Å². The molecule has 0 atom stereocenters. The summed E-state index contributed by atoms with van der Waals surface area (Å²) in [6, 6.07) is 14.2. The Morgan fingerprint density at radius 3 is 2.36 bits per heavy atom. The molecule has 0 fully saturated rings. The minimum atomic E-state index is -0.177. The van der Waals surface area contributed by atoms with Crippen LogP contribution in [0.1, 0.15) is 19.2 Å². The molecular formula is C20H20N4O4. The summed E-state index contributed by atoms with van der Waals surface area (Å²) in [6.45, 7) is 1.44. The highest BCUT2D eigenvalue weighted by molar-refractivity contribution is 5.92. The van der Waals surface area contributed by atoms with Crippen molar-refractivity contribution in [1.82, 2.24) is 10.2 Å². The monoisotopic (exact) mass is 380 g/mol. The first-order valence-electron chi connectivity index (χ1n) is 8.68. The predicted molar refractivity (Wildman–Crippen MR) is 104 cm³/mol. The van der Waals surface area contributed by atoms with Gasteiger partial charge in [-0.3, -0.25) is 9.59 Å². The second kappa shape index (κ2) is 8.81. The normalized spacial score (nSPS) is 10.4. The van der Waals surface area contributed by atoms with Crippen LogP contribution in [0, 0.1) is 0 Å². The fourth-order valence-corrected chi connectivity index (χ4v) is 2.57. The summed E-state index contributed by atoms with van der Waals surface area (Å²) in [5, 5.41) is 13.5. The standard InChI is InChI=1S/C20H20N4O4/c1-13(25)21-14-7-9-15(10-8-14)22-18(26)11-12-19-23-24-20(28-19)16-5-3-4-6-17(16)27-2/h3-10H,11-12H2,1-2H3,(H,21,25)(H,22,26). The van der Waals surface area contributed by atoms with Crippen molar-refractivity contribution >= 4 is 23.2 Å². The van der Waals surface area contributed by atoms with E-state index >= 15 is 0 Å². The van der Waals surface area contributed by atoms with E-state index in [1.807, 2.05) is 24.3 Å². The molecule has 0 saturated carbocycles. The summed E-state index contributed by atoms with van der Waals surface area (Å²) in [5.41, 5.74) is 2.01. The van der Waals surface area contributed by atoms with Crippen LogP contribution < -0.4 is 15.4 Å². The van der Waals surface area contributed by atoms with Crippen LogP contribution in [-0.2, 0) is 16.0 Å². The van der Waals surface area contributed by atoms with Gasteiger partial charge in [-0.1, -0.05) is 12.1 Å². The van der Waals surface area contributed by atoms with Crippen LogP contribution in [-0.4, -0.2) is 29.1 Å². The van der Waals surface area contributed by atoms with E-state index in [9.17, 15) is 9.59 Å². The first-order valence-corrected chi connectivity index (χ1v) is 8.68. The first kappa shape index (κ1) is 19.1. The molecule has 0 saturated heterocycles. The number of benzene rings is 2. The third-order valence-electron chi connectivity index (χ3n) is 3.86. The van der Waals surface area contributed by atoms with Crippen molar-refractivity contribution in [1.29, 1.82) is 0 Å². The summed E-state index contributed by atoms with van der Waals surface area (Å²) in [4.78, 5) is 23.2. The average molecular weight is 380 g/mol. The van der Waals surface area contributed by atoms with E-state index in [-0.39, 0.29) is 18.2 Å². The van der Waals surface area contributed by atoms with Gasteiger partial charge < -0.3 is 19.8 Å². The molecule has 3 aromatic rings. The second-order valence-corrected chi connectivity index (χ2v) is 6.01. The number of rotatable bonds is 7. The number of aromatic nitrogens is 2. The number of carbonyl (C=O) groups is 2. The van der Waals surface area contributed by atoms with Crippen molar-refractivity contribution in [2.45, 2.75) is 19.8 Å². The molecule has 28 heavy (non-hydrogen) atoms. The Bertz CT molecular complexity index is 966. The lowest BCUT2D eigenvalue weighted by Gasteiger charge is -2.06. The zero-order valence-corrected chi connectivity index (χ0v) is 15.6. The van der Waals surface area contributed by atoms with E-state index in [4.69, 9.17) is 9.15 Å². The fraction of sp³-hybridized carbons (Fsp3) is 0.200. The Morgan fingerprint density at radius 1 is 1.00 bits per heavy atom. The molecule has 2 N–H and O–H groups in total. The Morgan fingerprint density at radius 2 is 1.68 bits per heavy atom. The van der Waals surface area contributed by atoms with Crippen molar-refractivity contribution in [3.05, 3.63) is 54.4 Å². The van der Waals surface area contributed by atoms with Gasteiger partial charge in [-0.2, -0.15) is 0 Å². The molecule has 1 aromatic heterocycles. The van der Waals surface area contributed by atoms with Crippen LogP contribution in [0.5, 0.6) is 5.75 Å². The van der Waals surface area contributed by atoms with Gasteiger partial charge in [0, 0.05) is 31.1 Å². The molecule has 0 aliphatic rings. The van der Waals surface area contributed by atoms with Gasteiger partial charge in [0.15, 0.2) is 0 Å². The Hall–Kier alpha value is -3.68. The Kier molecular flexibility index (Phi) is 6.01. The summed E-state index contributed by atoms with van der Waals surface area (Å²) >= 11 is 0. The van der Waals surface area contributed by atoms with Gasteiger partial charge in [-0.15, -0.1) is 10.2 Å². The lowest BCUT2D eigenvalue weighted by atomic mass is 10.2. The largest absolute Gasteiger partial charge is 0.496 e. The summed E-state index contributed by atoms with van der Waals surface area (Å²) in [6.07, 6.45) is 0.513. The maximum Gasteiger partial charge on any atom is 0.251 e. The Balaban J connectivity index is 1.55.